The van der Waals surface area contributed by atoms with Crippen LogP contribution in [-0.4, -0.2) is 37.8 Å². The third-order valence-corrected chi connectivity index (χ3v) is 4.53. The Bertz CT molecular complexity index is 703. The molecule has 2 aromatic carbocycles. The largest absolute Gasteiger partial charge is 0.496 e. The van der Waals surface area contributed by atoms with Gasteiger partial charge in [-0.15, -0.1) is 11.8 Å². The molecule has 0 bridgehead atoms. The van der Waals surface area contributed by atoms with E-state index in [0.717, 1.165) is 16.2 Å². The van der Waals surface area contributed by atoms with Gasteiger partial charge in [0.05, 0.1) is 7.11 Å². The number of ether oxygens (including phenoxy) is 2. The average Bonchev–Trinajstić information content (AvgIpc) is 2.64. The number of hydrogen-bond donors (Lipinski definition) is 0. The van der Waals surface area contributed by atoms with Gasteiger partial charge in [-0.05, 0) is 49.1 Å². The van der Waals surface area contributed by atoms with Gasteiger partial charge in [0, 0.05) is 24.1 Å². The molecule has 0 atom stereocenters. The SMILES string of the molecule is CCN(C)C(=O)c1cccc(OCc2ccc(SC)c(OC)c2)c1. The minimum absolute atomic E-state index is 0.00561. The Hall–Kier alpha value is -2.14. The molecule has 0 saturated heterocycles. The Morgan fingerprint density at radius 2 is 2.00 bits per heavy atom. The second kappa shape index (κ2) is 8.64. The van der Waals surface area contributed by atoms with Crippen molar-refractivity contribution in [2.45, 2.75) is 18.4 Å². The Balaban J connectivity index is 2.08. The van der Waals surface area contributed by atoms with E-state index in [9.17, 15) is 4.79 Å². The first-order chi connectivity index (χ1) is 11.6. The molecule has 24 heavy (non-hydrogen) atoms. The van der Waals surface area contributed by atoms with Gasteiger partial charge in [0.2, 0.25) is 0 Å². The van der Waals surface area contributed by atoms with E-state index in [-0.39, 0.29) is 5.91 Å². The zero-order chi connectivity index (χ0) is 17.5. The number of rotatable bonds is 7. The summed E-state index contributed by atoms with van der Waals surface area (Å²) >= 11 is 1.65. The molecule has 1 amide bonds. The average molecular weight is 345 g/mol. The van der Waals surface area contributed by atoms with Gasteiger partial charge in [-0.3, -0.25) is 4.79 Å². The third kappa shape index (κ3) is 4.45. The molecule has 0 radical (unpaired) electrons. The van der Waals surface area contributed by atoms with Crippen molar-refractivity contribution < 1.29 is 14.3 Å². The summed E-state index contributed by atoms with van der Waals surface area (Å²) in [6.07, 6.45) is 2.02. The van der Waals surface area contributed by atoms with Crippen LogP contribution in [-0.2, 0) is 6.61 Å². The highest BCUT2D eigenvalue weighted by atomic mass is 32.2. The van der Waals surface area contributed by atoms with E-state index in [4.69, 9.17) is 9.47 Å². The van der Waals surface area contributed by atoms with Crippen LogP contribution in [0.2, 0.25) is 0 Å². The van der Waals surface area contributed by atoms with Crippen molar-refractivity contribution >= 4 is 17.7 Å². The minimum atomic E-state index is -0.00561. The quantitative estimate of drug-likeness (QED) is 0.709. The number of hydrogen-bond acceptors (Lipinski definition) is 4. The van der Waals surface area contributed by atoms with Crippen molar-refractivity contribution in [3.05, 3.63) is 53.6 Å². The molecule has 5 heteroatoms. The van der Waals surface area contributed by atoms with Crippen molar-refractivity contribution in [2.75, 3.05) is 27.0 Å². The van der Waals surface area contributed by atoms with Crippen LogP contribution >= 0.6 is 11.8 Å². The fourth-order valence-corrected chi connectivity index (χ4v) is 2.77. The summed E-state index contributed by atoms with van der Waals surface area (Å²) in [5.74, 6) is 1.52. The molecule has 0 unspecified atom stereocenters. The monoisotopic (exact) mass is 345 g/mol. The fraction of sp³-hybridized carbons (Fsp3) is 0.316. The maximum Gasteiger partial charge on any atom is 0.253 e. The van der Waals surface area contributed by atoms with Gasteiger partial charge in [0.1, 0.15) is 18.1 Å². The molecule has 4 nitrogen and oxygen atoms in total. The molecule has 2 rings (SSSR count). The fourth-order valence-electron chi connectivity index (χ4n) is 2.22. The van der Waals surface area contributed by atoms with Crippen molar-refractivity contribution in [1.82, 2.24) is 4.90 Å². The molecule has 0 aliphatic rings. The summed E-state index contributed by atoms with van der Waals surface area (Å²) < 4.78 is 11.2. The molecule has 0 saturated carbocycles. The Kier molecular flexibility index (Phi) is 6.55. The van der Waals surface area contributed by atoms with Gasteiger partial charge in [0.15, 0.2) is 0 Å². The molecule has 128 valence electrons. The maximum atomic E-state index is 12.2. The van der Waals surface area contributed by atoms with E-state index >= 15 is 0 Å². The number of benzene rings is 2. The molecule has 2 aromatic rings. The van der Waals surface area contributed by atoms with E-state index < -0.39 is 0 Å². The van der Waals surface area contributed by atoms with Crippen molar-refractivity contribution in [1.29, 1.82) is 0 Å². The molecule has 0 aliphatic carbocycles. The molecular formula is C19H23NO3S. The maximum absolute atomic E-state index is 12.2. The lowest BCUT2D eigenvalue weighted by Gasteiger charge is -2.15. The van der Waals surface area contributed by atoms with Gasteiger partial charge < -0.3 is 14.4 Å². The van der Waals surface area contributed by atoms with Crippen LogP contribution in [0.5, 0.6) is 11.5 Å². The number of amides is 1. The highest BCUT2D eigenvalue weighted by Crippen LogP contribution is 2.28. The predicted molar refractivity (Wildman–Crippen MR) is 98.2 cm³/mol. The molecule has 0 aliphatic heterocycles. The van der Waals surface area contributed by atoms with Crippen LogP contribution in [0.15, 0.2) is 47.4 Å². The molecule has 0 N–H and O–H groups in total. The highest BCUT2D eigenvalue weighted by molar-refractivity contribution is 7.98. The highest BCUT2D eigenvalue weighted by Gasteiger charge is 2.11. The second-order valence-electron chi connectivity index (χ2n) is 5.33. The first-order valence-corrected chi connectivity index (χ1v) is 9.00. The van der Waals surface area contributed by atoms with Gasteiger partial charge >= 0.3 is 0 Å². The standard InChI is InChI=1S/C19H23NO3S/c1-5-20(2)19(21)15-7-6-8-16(12-15)23-13-14-9-10-18(24-4)17(11-14)22-3/h6-12H,5,13H2,1-4H3. The number of nitrogens with zero attached hydrogens (tertiary/aromatic N) is 1. The first kappa shape index (κ1) is 18.2. The summed E-state index contributed by atoms with van der Waals surface area (Å²) in [5.41, 5.74) is 1.65. The minimum Gasteiger partial charge on any atom is -0.496 e. The van der Waals surface area contributed by atoms with Gasteiger partial charge in [-0.25, -0.2) is 0 Å². The van der Waals surface area contributed by atoms with Gasteiger partial charge in [0.25, 0.3) is 5.91 Å². The van der Waals surface area contributed by atoms with Gasteiger partial charge in [-0.2, -0.15) is 0 Å². The normalized spacial score (nSPS) is 10.3. The van der Waals surface area contributed by atoms with Crippen LogP contribution in [0.3, 0.4) is 0 Å². The van der Waals surface area contributed by atoms with Crippen LogP contribution in [0.4, 0.5) is 0 Å². The smallest absolute Gasteiger partial charge is 0.253 e. The zero-order valence-corrected chi connectivity index (χ0v) is 15.4. The van der Waals surface area contributed by atoms with Crippen molar-refractivity contribution in [2.24, 2.45) is 0 Å². The summed E-state index contributed by atoms with van der Waals surface area (Å²) in [6.45, 7) is 3.04. The van der Waals surface area contributed by atoms with Crippen molar-refractivity contribution in [3.8, 4) is 11.5 Å². The summed E-state index contributed by atoms with van der Waals surface area (Å²) in [7, 11) is 3.45. The predicted octanol–water partition coefficient (Wildman–Crippen LogP) is 4.09. The summed E-state index contributed by atoms with van der Waals surface area (Å²) in [6, 6.07) is 13.3. The summed E-state index contributed by atoms with van der Waals surface area (Å²) in [5, 5.41) is 0. The first-order valence-electron chi connectivity index (χ1n) is 7.78. The molecule has 0 spiro atoms. The second-order valence-corrected chi connectivity index (χ2v) is 6.17. The Morgan fingerprint density at radius 1 is 1.21 bits per heavy atom. The Morgan fingerprint density at radius 3 is 2.67 bits per heavy atom. The Labute approximate surface area is 147 Å². The lowest BCUT2D eigenvalue weighted by molar-refractivity contribution is 0.0802. The van der Waals surface area contributed by atoms with E-state index in [2.05, 4.69) is 0 Å². The zero-order valence-electron chi connectivity index (χ0n) is 14.5. The van der Waals surface area contributed by atoms with Gasteiger partial charge in [-0.1, -0.05) is 12.1 Å². The van der Waals surface area contributed by atoms with Crippen LogP contribution in [0.25, 0.3) is 0 Å². The molecular weight excluding hydrogens is 322 g/mol. The lowest BCUT2D eigenvalue weighted by atomic mass is 10.2. The van der Waals surface area contributed by atoms with Crippen molar-refractivity contribution in [3.63, 3.8) is 0 Å². The van der Waals surface area contributed by atoms with E-state index in [1.54, 1.807) is 43.0 Å². The van der Waals surface area contributed by atoms with E-state index in [1.165, 1.54) is 0 Å². The van der Waals surface area contributed by atoms with Crippen LogP contribution in [0.1, 0.15) is 22.8 Å². The number of carbonyl (C=O) groups is 1. The van der Waals surface area contributed by atoms with Crippen LogP contribution in [0, 0.1) is 0 Å². The number of thioether (sulfide) groups is 1. The summed E-state index contributed by atoms with van der Waals surface area (Å²) in [4.78, 5) is 15.0. The van der Waals surface area contributed by atoms with E-state index in [0.29, 0.717) is 24.5 Å². The third-order valence-electron chi connectivity index (χ3n) is 3.76. The molecule has 0 heterocycles. The number of methoxy groups -OCH3 is 1. The molecule has 0 fully saturated rings. The molecule has 0 aromatic heterocycles. The number of carbonyl (C=O) groups excluding carboxylic acids is 1. The van der Waals surface area contributed by atoms with E-state index in [1.807, 2.05) is 43.5 Å². The topological polar surface area (TPSA) is 38.8 Å². The lowest BCUT2D eigenvalue weighted by Crippen LogP contribution is -2.26. The van der Waals surface area contributed by atoms with Crippen LogP contribution < -0.4 is 9.47 Å².